The number of halogens is 2. The lowest BCUT2D eigenvalue weighted by molar-refractivity contribution is 0.104. The van der Waals surface area contributed by atoms with E-state index in [2.05, 4.69) is 5.32 Å². The summed E-state index contributed by atoms with van der Waals surface area (Å²) in [5.41, 5.74) is 1.47. The zero-order valence-electron chi connectivity index (χ0n) is 15.5. The van der Waals surface area contributed by atoms with E-state index in [0.29, 0.717) is 10.4 Å². The fourth-order valence-electron chi connectivity index (χ4n) is 3.12. The highest BCUT2D eigenvalue weighted by Crippen LogP contribution is 2.39. The lowest BCUT2D eigenvalue weighted by Gasteiger charge is -2.29. The lowest BCUT2D eigenvalue weighted by Crippen LogP contribution is -2.38. The molecule has 0 radical (unpaired) electrons. The summed E-state index contributed by atoms with van der Waals surface area (Å²) in [5, 5.41) is 4.47. The molecule has 1 N–H and O–H groups in total. The van der Waals surface area contributed by atoms with Gasteiger partial charge in [-0.15, -0.1) is 11.3 Å². The van der Waals surface area contributed by atoms with Crippen molar-refractivity contribution >= 4 is 32.8 Å². The first-order valence-corrected chi connectivity index (χ1v) is 11.3. The number of hydrogen-bond donors (Lipinski definition) is 1. The van der Waals surface area contributed by atoms with Crippen molar-refractivity contribution < 1.29 is 22.0 Å². The van der Waals surface area contributed by atoms with E-state index in [-0.39, 0.29) is 24.6 Å². The number of benzene rings is 2. The van der Waals surface area contributed by atoms with Crippen molar-refractivity contribution in [2.24, 2.45) is 0 Å². The zero-order chi connectivity index (χ0) is 21.3. The predicted octanol–water partition coefficient (Wildman–Crippen LogP) is 4.19. The molecule has 5 nitrogen and oxygen atoms in total. The Hall–Kier alpha value is -3.04. The van der Waals surface area contributed by atoms with Gasteiger partial charge >= 0.3 is 0 Å². The second kappa shape index (κ2) is 8.00. The van der Waals surface area contributed by atoms with Gasteiger partial charge in [0.2, 0.25) is 5.78 Å². The molecule has 2 heterocycles. The minimum atomic E-state index is -4.16. The third kappa shape index (κ3) is 3.86. The van der Waals surface area contributed by atoms with Gasteiger partial charge in [-0.2, -0.15) is 0 Å². The highest BCUT2D eigenvalue weighted by atomic mass is 32.2. The van der Waals surface area contributed by atoms with E-state index in [1.165, 1.54) is 36.5 Å². The second-order valence-electron chi connectivity index (χ2n) is 6.62. The Morgan fingerprint density at radius 3 is 2.50 bits per heavy atom. The van der Waals surface area contributed by atoms with Crippen LogP contribution in [-0.2, 0) is 23.1 Å². The predicted molar refractivity (Wildman–Crippen MR) is 111 cm³/mol. The van der Waals surface area contributed by atoms with Gasteiger partial charge in [0.05, 0.1) is 12.2 Å². The van der Waals surface area contributed by atoms with Gasteiger partial charge in [-0.05, 0) is 46.8 Å². The molecule has 30 heavy (non-hydrogen) atoms. The average molecular weight is 447 g/mol. The number of ketones is 1. The molecule has 0 atom stereocenters. The van der Waals surface area contributed by atoms with Crippen LogP contribution in [0.1, 0.15) is 20.8 Å². The number of hydrogen-bond acceptors (Lipinski definition) is 5. The monoisotopic (exact) mass is 446 g/mol. The van der Waals surface area contributed by atoms with Crippen LogP contribution in [0.2, 0.25) is 0 Å². The van der Waals surface area contributed by atoms with E-state index in [0.717, 1.165) is 21.2 Å². The maximum Gasteiger partial charge on any atom is 0.270 e. The highest BCUT2D eigenvalue weighted by molar-refractivity contribution is 7.97. The lowest BCUT2D eigenvalue weighted by atomic mass is 10.2. The summed E-state index contributed by atoms with van der Waals surface area (Å²) in [6.45, 7) is 0.111. The van der Waals surface area contributed by atoms with E-state index < -0.39 is 26.5 Å². The van der Waals surface area contributed by atoms with E-state index in [1.54, 1.807) is 29.6 Å². The summed E-state index contributed by atoms with van der Waals surface area (Å²) in [4.78, 5) is 12.7. The Labute approximate surface area is 176 Å². The molecule has 0 spiro atoms. The van der Waals surface area contributed by atoms with Crippen LogP contribution in [0.4, 0.5) is 14.5 Å². The van der Waals surface area contributed by atoms with E-state index in [1.807, 2.05) is 0 Å². The van der Waals surface area contributed by atoms with Crippen molar-refractivity contribution in [1.82, 2.24) is 5.32 Å². The first kappa shape index (κ1) is 20.2. The SMILES string of the molecule is O=C1C(=CNCc2ccc(F)cc2)S(=O)(=O)N(Cc2cccc(F)c2)c2ccsc21. The molecule has 9 heteroatoms. The Morgan fingerprint density at radius 1 is 1.00 bits per heavy atom. The highest BCUT2D eigenvalue weighted by Gasteiger charge is 2.41. The van der Waals surface area contributed by atoms with Crippen LogP contribution < -0.4 is 9.62 Å². The van der Waals surface area contributed by atoms with E-state index >= 15 is 0 Å². The number of allylic oxidation sites excluding steroid dienone is 1. The summed E-state index contributed by atoms with van der Waals surface area (Å²) in [7, 11) is -4.16. The molecule has 4 rings (SSSR count). The minimum absolute atomic E-state index is 0.105. The number of nitrogens with one attached hydrogen (secondary N) is 1. The van der Waals surface area contributed by atoms with Crippen LogP contribution in [0, 0.1) is 11.6 Å². The summed E-state index contributed by atoms with van der Waals surface area (Å²) in [6, 6.07) is 12.9. The Bertz CT molecular complexity index is 1240. The molecule has 0 fully saturated rings. The molecule has 2 aromatic carbocycles. The van der Waals surface area contributed by atoms with Crippen LogP contribution in [0.5, 0.6) is 0 Å². The standard InChI is InChI=1S/C21H16F2N2O3S2/c22-16-6-4-14(5-7-16)11-24-12-19-20(26)21-18(8-9-29-21)25(30(19,27)28)13-15-2-1-3-17(23)10-15/h1-10,12,24H,11,13H2. The zero-order valence-corrected chi connectivity index (χ0v) is 17.1. The summed E-state index contributed by atoms with van der Waals surface area (Å²) >= 11 is 1.15. The largest absolute Gasteiger partial charge is 0.386 e. The first-order valence-electron chi connectivity index (χ1n) is 8.93. The number of carbonyl (C=O) groups excluding carboxylic acids is 1. The quantitative estimate of drug-likeness (QED) is 0.597. The fraction of sp³-hybridized carbons (Fsp3) is 0.0952. The van der Waals surface area contributed by atoms with Crippen LogP contribution in [0.3, 0.4) is 0 Å². The molecule has 0 bridgehead atoms. The molecule has 154 valence electrons. The van der Waals surface area contributed by atoms with Crippen molar-refractivity contribution in [2.75, 3.05) is 4.31 Å². The number of rotatable bonds is 5. The maximum atomic E-state index is 13.6. The molecular formula is C21H16F2N2O3S2. The van der Waals surface area contributed by atoms with Gasteiger partial charge in [0.1, 0.15) is 16.5 Å². The molecule has 0 unspecified atom stereocenters. The van der Waals surface area contributed by atoms with Gasteiger partial charge in [0.25, 0.3) is 10.0 Å². The van der Waals surface area contributed by atoms with Gasteiger partial charge in [0, 0.05) is 12.7 Å². The number of nitrogens with zero attached hydrogens (tertiary/aromatic N) is 1. The van der Waals surface area contributed by atoms with Gasteiger partial charge in [0.15, 0.2) is 4.91 Å². The Balaban J connectivity index is 1.66. The number of sulfonamides is 1. The topological polar surface area (TPSA) is 66.5 Å². The molecule has 1 aliphatic rings. The van der Waals surface area contributed by atoms with Crippen molar-refractivity contribution in [3.05, 3.63) is 98.7 Å². The van der Waals surface area contributed by atoms with Gasteiger partial charge in [-0.25, -0.2) is 17.2 Å². The molecule has 0 amide bonds. The number of thiophene rings is 1. The summed E-state index contributed by atoms with van der Waals surface area (Å²) in [5.74, 6) is -1.44. The van der Waals surface area contributed by atoms with Gasteiger partial charge in [-0.3, -0.25) is 9.10 Å². The van der Waals surface area contributed by atoms with Crippen molar-refractivity contribution in [3.63, 3.8) is 0 Å². The summed E-state index contributed by atoms with van der Waals surface area (Å²) < 4.78 is 54.2. The van der Waals surface area contributed by atoms with Crippen molar-refractivity contribution in [1.29, 1.82) is 0 Å². The second-order valence-corrected chi connectivity index (χ2v) is 9.37. The summed E-state index contributed by atoms with van der Waals surface area (Å²) in [6.07, 6.45) is 1.17. The third-order valence-electron chi connectivity index (χ3n) is 4.58. The fourth-order valence-corrected chi connectivity index (χ4v) is 5.63. The molecule has 0 saturated carbocycles. The number of Topliss-reactive ketones (excluding diaryl/α,β-unsaturated/α-hetero) is 1. The van der Waals surface area contributed by atoms with E-state index in [4.69, 9.17) is 0 Å². The molecule has 1 aliphatic heterocycles. The van der Waals surface area contributed by atoms with Crippen molar-refractivity contribution in [2.45, 2.75) is 13.1 Å². The number of anilines is 1. The van der Waals surface area contributed by atoms with Gasteiger partial charge < -0.3 is 5.32 Å². The number of carbonyl (C=O) groups is 1. The van der Waals surface area contributed by atoms with Crippen molar-refractivity contribution in [3.8, 4) is 0 Å². The minimum Gasteiger partial charge on any atom is -0.386 e. The average Bonchev–Trinajstić information content (AvgIpc) is 3.19. The smallest absolute Gasteiger partial charge is 0.270 e. The molecule has 0 aliphatic carbocycles. The third-order valence-corrected chi connectivity index (χ3v) is 7.25. The molecule has 1 aromatic heterocycles. The molecule has 0 saturated heterocycles. The van der Waals surface area contributed by atoms with E-state index in [9.17, 15) is 22.0 Å². The first-order chi connectivity index (χ1) is 14.4. The normalized spacial score (nSPS) is 16.5. The van der Waals surface area contributed by atoms with Crippen LogP contribution in [0.15, 0.2) is 71.1 Å². The molecular weight excluding hydrogens is 430 g/mol. The Morgan fingerprint density at radius 2 is 1.77 bits per heavy atom. The Kier molecular flexibility index (Phi) is 5.40. The van der Waals surface area contributed by atoms with Crippen LogP contribution in [-0.4, -0.2) is 14.2 Å². The van der Waals surface area contributed by atoms with Crippen LogP contribution in [0.25, 0.3) is 0 Å². The number of fused-ring (bicyclic) bond motifs is 1. The van der Waals surface area contributed by atoms with Crippen LogP contribution >= 0.6 is 11.3 Å². The maximum absolute atomic E-state index is 13.6. The molecule has 3 aromatic rings. The van der Waals surface area contributed by atoms with Gasteiger partial charge in [-0.1, -0.05) is 24.3 Å².